The van der Waals surface area contributed by atoms with Gasteiger partial charge in [-0.2, -0.15) is 5.10 Å². The van der Waals surface area contributed by atoms with Crippen LogP contribution in [0.2, 0.25) is 0 Å². The highest BCUT2D eigenvalue weighted by atomic mass is 16.5. The molecule has 148 valence electrons. The Morgan fingerprint density at radius 1 is 1.28 bits per heavy atom. The van der Waals surface area contributed by atoms with Gasteiger partial charge in [0, 0.05) is 19.0 Å². The zero-order chi connectivity index (χ0) is 19.8. The molecule has 8 heteroatoms. The van der Waals surface area contributed by atoms with Gasteiger partial charge in [-0.3, -0.25) is 9.36 Å². The number of benzene rings is 1. The minimum absolute atomic E-state index is 0.0446. The SMILES string of the molecule is COCCn1c(C2CCCN2c2nncc3ccoc23)nc2ccccc2c1=O. The van der Waals surface area contributed by atoms with Gasteiger partial charge in [-0.15, -0.1) is 5.10 Å². The quantitative estimate of drug-likeness (QED) is 0.517. The van der Waals surface area contributed by atoms with Gasteiger partial charge in [-0.1, -0.05) is 12.1 Å². The zero-order valence-electron chi connectivity index (χ0n) is 16.1. The summed E-state index contributed by atoms with van der Waals surface area (Å²) >= 11 is 0. The van der Waals surface area contributed by atoms with Crippen molar-refractivity contribution in [1.82, 2.24) is 19.7 Å². The summed E-state index contributed by atoms with van der Waals surface area (Å²) in [7, 11) is 1.63. The average molecular weight is 391 g/mol. The highest BCUT2D eigenvalue weighted by Crippen LogP contribution is 2.37. The number of anilines is 1. The molecule has 1 atom stereocenters. The average Bonchev–Trinajstić information content (AvgIpc) is 3.42. The van der Waals surface area contributed by atoms with E-state index in [1.807, 2.05) is 30.3 Å². The molecule has 8 nitrogen and oxygen atoms in total. The first kappa shape index (κ1) is 17.8. The Bertz CT molecular complexity index is 1230. The topological polar surface area (TPSA) is 86.3 Å². The lowest BCUT2D eigenvalue weighted by Crippen LogP contribution is -2.33. The van der Waals surface area contributed by atoms with Crippen LogP contribution in [0.25, 0.3) is 21.9 Å². The van der Waals surface area contributed by atoms with E-state index < -0.39 is 0 Å². The maximum atomic E-state index is 13.2. The maximum absolute atomic E-state index is 13.2. The number of nitrogens with zero attached hydrogens (tertiary/aromatic N) is 5. The largest absolute Gasteiger partial charge is 0.460 e. The molecule has 0 N–H and O–H groups in total. The summed E-state index contributed by atoms with van der Waals surface area (Å²) in [6.07, 6.45) is 5.18. The van der Waals surface area contributed by atoms with Gasteiger partial charge in [0.1, 0.15) is 5.82 Å². The van der Waals surface area contributed by atoms with Crippen molar-refractivity contribution in [3.63, 3.8) is 0 Å². The van der Waals surface area contributed by atoms with E-state index in [-0.39, 0.29) is 11.6 Å². The summed E-state index contributed by atoms with van der Waals surface area (Å²) in [5, 5.41) is 10.0. The van der Waals surface area contributed by atoms with Crippen LogP contribution in [0, 0.1) is 0 Å². The van der Waals surface area contributed by atoms with Crippen LogP contribution >= 0.6 is 0 Å². The van der Waals surface area contributed by atoms with Crippen molar-refractivity contribution in [2.45, 2.75) is 25.4 Å². The maximum Gasteiger partial charge on any atom is 0.261 e. The summed E-state index contributed by atoms with van der Waals surface area (Å²) in [6.45, 7) is 1.68. The fraction of sp³-hybridized carbons (Fsp3) is 0.333. The predicted octanol–water partition coefficient (Wildman–Crippen LogP) is 2.92. The third-order valence-corrected chi connectivity index (χ3v) is 5.48. The minimum Gasteiger partial charge on any atom is -0.460 e. The number of fused-ring (bicyclic) bond motifs is 2. The first-order valence-corrected chi connectivity index (χ1v) is 9.72. The molecule has 0 amide bonds. The Kier molecular flexibility index (Phi) is 4.48. The van der Waals surface area contributed by atoms with Crippen molar-refractivity contribution in [3.8, 4) is 0 Å². The molecule has 0 bridgehead atoms. The van der Waals surface area contributed by atoms with Gasteiger partial charge in [0.2, 0.25) is 0 Å². The number of methoxy groups -OCH3 is 1. The van der Waals surface area contributed by atoms with Gasteiger partial charge < -0.3 is 14.1 Å². The van der Waals surface area contributed by atoms with E-state index in [0.717, 1.165) is 30.6 Å². The number of furan rings is 1. The Balaban J connectivity index is 1.67. The Morgan fingerprint density at radius 3 is 3.07 bits per heavy atom. The van der Waals surface area contributed by atoms with Crippen LogP contribution in [0.4, 0.5) is 5.82 Å². The summed E-state index contributed by atoms with van der Waals surface area (Å²) in [4.78, 5) is 20.3. The summed E-state index contributed by atoms with van der Waals surface area (Å²) in [6, 6.07) is 9.25. The molecule has 3 aromatic heterocycles. The molecule has 1 aromatic carbocycles. The molecule has 1 unspecified atom stereocenters. The van der Waals surface area contributed by atoms with Gasteiger partial charge >= 0.3 is 0 Å². The van der Waals surface area contributed by atoms with Gasteiger partial charge in [0.15, 0.2) is 11.4 Å². The van der Waals surface area contributed by atoms with Crippen molar-refractivity contribution >= 4 is 27.7 Å². The van der Waals surface area contributed by atoms with Gasteiger partial charge in [-0.05, 0) is 31.0 Å². The van der Waals surface area contributed by atoms with Crippen molar-refractivity contribution in [1.29, 1.82) is 0 Å². The Hall–Kier alpha value is -3.26. The van der Waals surface area contributed by atoms with Crippen LogP contribution in [0.5, 0.6) is 0 Å². The number of hydrogen-bond donors (Lipinski definition) is 0. The summed E-state index contributed by atoms with van der Waals surface area (Å²) < 4.78 is 12.7. The van der Waals surface area contributed by atoms with Crippen LogP contribution in [0.1, 0.15) is 24.7 Å². The monoisotopic (exact) mass is 391 g/mol. The first-order chi connectivity index (χ1) is 14.3. The van der Waals surface area contributed by atoms with E-state index in [1.54, 1.807) is 24.1 Å². The molecule has 1 fully saturated rings. The second-order valence-electron chi connectivity index (χ2n) is 7.16. The number of aromatic nitrogens is 4. The molecule has 0 radical (unpaired) electrons. The van der Waals surface area contributed by atoms with E-state index in [2.05, 4.69) is 15.1 Å². The number of ether oxygens (including phenoxy) is 1. The van der Waals surface area contributed by atoms with Gasteiger partial charge in [0.05, 0.1) is 42.6 Å². The van der Waals surface area contributed by atoms with Crippen LogP contribution in [-0.4, -0.2) is 40.0 Å². The van der Waals surface area contributed by atoms with Crippen LogP contribution in [-0.2, 0) is 11.3 Å². The molecular formula is C21H21N5O3. The van der Waals surface area contributed by atoms with E-state index in [1.165, 1.54) is 0 Å². The van der Waals surface area contributed by atoms with Crippen molar-refractivity contribution < 1.29 is 9.15 Å². The van der Waals surface area contributed by atoms with Crippen molar-refractivity contribution in [2.24, 2.45) is 0 Å². The Morgan fingerprint density at radius 2 is 2.17 bits per heavy atom. The molecule has 4 aromatic rings. The van der Waals surface area contributed by atoms with Crippen molar-refractivity contribution in [2.75, 3.05) is 25.2 Å². The lowest BCUT2D eigenvalue weighted by molar-refractivity contribution is 0.184. The summed E-state index contributed by atoms with van der Waals surface area (Å²) in [5.74, 6) is 1.42. The lowest BCUT2D eigenvalue weighted by atomic mass is 10.1. The van der Waals surface area contributed by atoms with Gasteiger partial charge in [0.25, 0.3) is 5.56 Å². The molecule has 5 rings (SSSR count). The highest BCUT2D eigenvalue weighted by Gasteiger charge is 2.33. The van der Waals surface area contributed by atoms with Crippen molar-refractivity contribution in [3.05, 3.63) is 59.0 Å². The molecule has 0 aliphatic carbocycles. The van der Waals surface area contributed by atoms with E-state index in [4.69, 9.17) is 14.1 Å². The molecule has 0 spiro atoms. The fourth-order valence-electron chi connectivity index (χ4n) is 4.11. The number of para-hydroxylation sites is 1. The number of hydrogen-bond acceptors (Lipinski definition) is 7. The lowest BCUT2D eigenvalue weighted by Gasteiger charge is -2.27. The molecule has 0 saturated carbocycles. The van der Waals surface area contributed by atoms with Crippen LogP contribution in [0.15, 0.2) is 52.0 Å². The molecule has 1 aliphatic rings. The van der Waals surface area contributed by atoms with Crippen LogP contribution in [0.3, 0.4) is 0 Å². The third-order valence-electron chi connectivity index (χ3n) is 5.48. The highest BCUT2D eigenvalue weighted by molar-refractivity contribution is 5.86. The molecule has 1 saturated heterocycles. The predicted molar refractivity (Wildman–Crippen MR) is 109 cm³/mol. The standard InChI is InChI=1S/C21H21N5O3/c1-28-12-10-26-19(23-16-6-3-2-5-15(16)21(26)27)17-7-4-9-25(17)20-18-14(8-11-29-18)13-22-24-20/h2-3,5-6,8,11,13,17H,4,7,9-10,12H2,1H3. The summed E-state index contributed by atoms with van der Waals surface area (Å²) in [5.41, 5.74) is 1.37. The third kappa shape index (κ3) is 2.96. The molecule has 4 heterocycles. The van der Waals surface area contributed by atoms with E-state index >= 15 is 0 Å². The first-order valence-electron chi connectivity index (χ1n) is 9.72. The Labute approximate surface area is 166 Å². The second kappa shape index (κ2) is 7.29. The molecule has 29 heavy (non-hydrogen) atoms. The van der Waals surface area contributed by atoms with E-state index in [0.29, 0.717) is 35.5 Å². The second-order valence-corrected chi connectivity index (χ2v) is 7.16. The van der Waals surface area contributed by atoms with Crippen LogP contribution < -0.4 is 10.5 Å². The normalized spacial score (nSPS) is 16.9. The van der Waals surface area contributed by atoms with E-state index in [9.17, 15) is 4.79 Å². The molecule has 1 aliphatic heterocycles. The zero-order valence-corrected chi connectivity index (χ0v) is 16.1. The number of rotatable bonds is 5. The molecular weight excluding hydrogens is 370 g/mol. The van der Waals surface area contributed by atoms with Gasteiger partial charge in [-0.25, -0.2) is 4.98 Å². The minimum atomic E-state index is -0.0887. The fourth-order valence-corrected chi connectivity index (χ4v) is 4.11. The smallest absolute Gasteiger partial charge is 0.261 e.